The highest BCUT2D eigenvalue weighted by molar-refractivity contribution is 6.32. The quantitative estimate of drug-likeness (QED) is 0.921. The van der Waals surface area contributed by atoms with Crippen LogP contribution < -0.4 is 14.8 Å². The predicted octanol–water partition coefficient (Wildman–Crippen LogP) is 3.01. The number of methoxy groups -OCH3 is 2. The van der Waals surface area contributed by atoms with Crippen molar-refractivity contribution in [3.8, 4) is 11.6 Å². The van der Waals surface area contributed by atoms with E-state index in [1.54, 1.807) is 25.0 Å². The highest BCUT2D eigenvalue weighted by Crippen LogP contribution is 2.28. The van der Waals surface area contributed by atoms with Gasteiger partial charge >= 0.3 is 0 Å². The van der Waals surface area contributed by atoms with Crippen molar-refractivity contribution in [1.29, 1.82) is 0 Å². The molecule has 0 bridgehead atoms. The van der Waals surface area contributed by atoms with Gasteiger partial charge in [0.25, 0.3) is 0 Å². The summed E-state index contributed by atoms with van der Waals surface area (Å²) in [6, 6.07) is 5.57. The van der Waals surface area contributed by atoms with E-state index in [9.17, 15) is 0 Å². The molecule has 0 saturated heterocycles. The fourth-order valence-electron chi connectivity index (χ4n) is 2.10. The van der Waals surface area contributed by atoms with Crippen molar-refractivity contribution in [3.05, 3.63) is 34.5 Å². The van der Waals surface area contributed by atoms with Crippen LogP contribution in [0.4, 0.5) is 5.69 Å². The summed E-state index contributed by atoms with van der Waals surface area (Å²) >= 11 is 6.00. The number of aromatic nitrogens is 2. The van der Waals surface area contributed by atoms with E-state index in [-0.39, 0.29) is 0 Å². The van der Waals surface area contributed by atoms with E-state index in [0.29, 0.717) is 17.3 Å². The van der Waals surface area contributed by atoms with Gasteiger partial charge < -0.3 is 14.8 Å². The lowest BCUT2D eigenvalue weighted by atomic mass is 10.2. The maximum atomic E-state index is 6.00. The van der Waals surface area contributed by atoms with E-state index in [1.165, 1.54) is 0 Å². The van der Waals surface area contributed by atoms with Gasteiger partial charge in [-0.15, -0.1) is 0 Å². The third-order valence-corrected chi connectivity index (χ3v) is 3.41. The lowest BCUT2D eigenvalue weighted by molar-refractivity contribution is 0.370. The minimum Gasteiger partial charge on any atom is -0.495 e. The third kappa shape index (κ3) is 2.82. The number of rotatable bonds is 5. The molecule has 1 aromatic heterocycles. The molecular weight excluding hydrogens is 278 g/mol. The molecule has 0 aliphatic carbocycles. The van der Waals surface area contributed by atoms with Gasteiger partial charge in [0.15, 0.2) is 0 Å². The highest BCUT2D eigenvalue weighted by atomic mass is 35.5. The van der Waals surface area contributed by atoms with Crippen LogP contribution in [0.15, 0.2) is 18.2 Å². The van der Waals surface area contributed by atoms with Crippen LogP contribution >= 0.6 is 11.6 Å². The van der Waals surface area contributed by atoms with Crippen LogP contribution in [0, 0.1) is 6.92 Å². The number of hydrogen-bond donors (Lipinski definition) is 1. The Bertz CT molecular complexity index is 611. The molecule has 0 radical (unpaired) electrons. The Morgan fingerprint density at radius 1 is 1.30 bits per heavy atom. The van der Waals surface area contributed by atoms with Crippen molar-refractivity contribution in [1.82, 2.24) is 9.78 Å². The molecule has 6 heteroatoms. The Hall–Kier alpha value is -1.88. The van der Waals surface area contributed by atoms with E-state index in [2.05, 4.69) is 10.4 Å². The summed E-state index contributed by atoms with van der Waals surface area (Å²) in [5.74, 6) is 1.41. The first-order valence-corrected chi connectivity index (χ1v) is 6.58. The minimum atomic E-state index is 0.591. The molecule has 0 aliphatic heterocycles. The van der Waals surface area contributed by atoms with Crippen molar-refractivity contribution in [3.63, 3.8) is 0 Å². The molecule has 1 heterocycles. The molecule has 0 unspecified atom stereocenters. The average molecular weight is 296 g/mol. The summed E-state index contributed by atoms with van der Waals surface area (Å²) in [4.78, 5) is 0. The first kappa shape index (κ1) is 14.5. The van der Waals surface area contributed by atoms with Gasteiger partial charge in [0.2, 0.25) is 5.88 Å². The van der Waals surface area contributed by atoms with E-state index in [0.717, 1.165) is 22.8 Å². The van der Waals surface area contributed by atoms with Crippen LogP contribution in [-0.4, -0.2) is 24.0 Å². The lowest BCUT2D eigenvalue weighted by Gasteiger charge is -2.10. The summed E-state index contributed by atoms with van der Waals surface area (Å²) in [7, 11) is 5.10. The summed E-state index contributed by atoms with van der Waals surface area (Å²) in [5, 5.41) is 8.26. The second-order valence-corrected chi connectivity index (χ2v) is 4.81. The van der Waals surface area contributed by atoms with Gasteiger partial charge in [0.1, 0.15) is 5.75 Å². The van der Waals surface area contributed by atoms with Crippen molar-refractivity contribution >= 4 is 17.3 Å². The zero-order chi connectivity index (χ0) is 14.7. The molecule has 2 rings (SSSR count). The molecule has 20 heavy (non-hydrogen) atoms. The molecule has 1 N–H and O–H groups in total. The van der Waals surface area contributed by atoms with Crippen molar-refractivity contribution in [2.45, 2.75) is 13.5 Å². The topological polar surface area (TPSA) is 48.3 Å². The number of nitrogens with one attached hydrogen (secondary N) is 1. The van der Waals surface area contributed by atoms with E-state index in [1.807, 2.05) is 26.1 Å². The van der Waals surface area contributed by atoms with Crippen molar-refractivity contribution in [2.24, 2.45) is 7.05 Å². The first-order valence-electron chi connectivity index (χ1n) is 6.20. The molecule has 108 valence electrons. The molecular formula is C14H18ClN3O2. The van der Waals surface area contributed by atoms with Gasteiger partial charge in [-0.2, -0.15) is 5.10 Å². The van der Waals surface area contributed by atoms with Gasteiger partial charge in [0, 0.05) is 25.3 Å². The zero-order valence-corrected chi connectivity index (χ0v) is 12.8. The van der Waals surface area contributed by atoms with Gasteiger partial charge in [-0.25, -0.2) is 4.68 Å². The first-order chi connectivity index (χ1) is 9.56. The normalized spacial score (nSPS) is 10.4. The largest absolute Gasteiger partial charge is 0.495 e. The minimum absolute atomic E-state index is 0.591. The van der Waals surface area contributed by atoms with Gasteiger partial charge in [-0.3, -0.25) is 0 Å². The zero-order valence-electron chi connectivity index (χ0n) is 12.0. The average Bonchev–Trinajstić information content (AvgIpc) is 2.71. The fraction of sp³-hybridized carbons (Fsp3) is 0.357. The van der Waals surface area contributed by atoms with Crippen molar-refractivity contribution < 1.29 is 9.47 Å². The summed E-state index contributed by atoms with van der Waals surface area (Å²) in [5.41, 5.74) is 2.90. The second kappa shape index (κ2) is 6.05. The smallest absolute Gasteiger partial charge is 0.216 e. The molecule has 5 nitrogen and oxygen atoms in total. The van der Waals surface area contributed by atoms with Crippen LogP contribution in [0.3, 0.4) is 0 Å². The van der Waals surface area contributed by atoms with Gasteiger partial charge in [-0.05, 0) is 19.1 Å². The van der Waals surface area contributed by atoms with Crippen molar-refractivity contribution in [2.75, 3.05) is 19.5 Å². The van der Waals surface area contributed by atoms with E-state index < -0.39 is 0 Å². The number of ether oxygens (including phenoxy) is 2. The van der Waals surface area contributed by atoms with Crippen LogP contribution in [0.25, 0.3) is 0 Å². The number of halogens is 1. The van der Waals surface area contributed by atoms with Gasteiger partial charge in [0.05, 0.1) is 30.5 Å². The van der Waals surface area contributed by atoms with Crippen LogP contribution in [0.1, 0.15) is 11.3 Å². The Balaban J connectivity index is 2.17. The highest BCUT2D eigenvalue weighted by Gasteiger charge is 2.13. The Labute approximate surface area is 123 Å². The lowest BCUT2D eigenvalue weighted by Crippen LogP contribution is -2.03. The SMILES string of the molecule is COc1cc(NCc2c(C)nn(C)c2OC)ccc1Cl. The Morgan fingerprint density at radius 3 is 2.70 bits per heavy atom. The summed E-state index contributed by atoms with van der Waals surface area (Å²) in [6.45, 7) is 2.58. The Morgan fingerprint density at radius 2 is 2.05 bits per heavy atom. The number of nitrogens with zero attached hydrogens (tertiary/aromatic N) is 2. The molecule has 2 aromatic rings. The number of hydrogen-bond acceptors (Lipinski definition) is 4. The van der Waals surface area contributed by atoms with Crippen LogP contribution in [0.2, 0.25) is 5.02 Å². The molecule has 0 fully saturated rings. The second-order valence-electron chi connectivity index (χ2n) is 4.40. The number of benzene rings is 1. The summed E-state index contributed by atoms with van der Waals surface area (Å²) < 4.78 is 12.3. The Kier molecular flexibility index (Phi) is 4.39. The maximum Gasteiger partial charge on any atom is 0.216 e. The van der Waals surface area contributed by atoms with E-state index >= 15 is 0 Å². The molecule has 0 aliphatic rings. The molecule has 0 spiro atoms. The molecule has 0 amide bonds. The molecule has 0 atom stereocenters. The fourth-order valence-corrected chi connectivity index (χ4v) is 2.29. The number of anilines is 1. The van der Waals surface area contributed by atoms with Gasteiger partial charge in [-0.1, -0.05) is 11.6 Å². The third-order valence-electron chi connectivity index (χ3n) is 3.10. The van der Waals surface area contributed by atoms with Crippen LogP contribution in [-0.2, 0) is 13.6 Å². The van der Waals surface area contributed by atoms with E-state index in [4.69, 9.17) is 21.1 Å². The maximum absolute atomic E-state index is 6.00. The monoisotopic (exact) mass is 295 g/mol. The standard InChI is InChI=1S/C14H18ClN3O2/c1-9-11(14(20-4)18(2)17-9)8-16-10-5-6-12(15)13(7-10)19-3/h5-7,16H,8H2,1-4H3. The number of aryl methyl sites for hydroxylation is 2. The van der Waals surface area contributed by atoms with Crippen LogP contribution in [0.5, 0.6) is 11.6 Å². The predicted molar refractivity (Wildman–Crippen MR) is 79.8 cm³/mol. The molecule has 1 aromatic carbocycles. The summed E-state index contributed by atoms with van der Waals surface area (Å²) in [6.07, 6.45) is 0. The molecule has 0 saturated carbocycles.